The lowest BCUT2D eigenvalue weighted by Crippen LogP contribution is -2.20. The Morgan fingerprint density at radius 1 is 0.396 bits per heavy atom. The molecule has 0 N–H and O–H groups in total. The maximum Gasteiger partial charge on any atom is 0.379 e. The van der Waals surface area contributed by atoms with Crippen molar-refractivity contribution in [3.05, 3.63) is 35.9 Å². The van der Waals surface area contributed by atoms with Gasteiger partial charge in [-0.1, -0.05) is 65.8 Å². The number of hydrogen-bond acceptors (Lipinski definition) is 13. The normalized spacial score (nSPS) is 11.3. The van der Waals surface area contributed by atoms with Gasteiger partial charge in [0.05, 0.1) is 126 Å². The van der Waals surface area contributed by atoms with Crippen LogP contribution in [0.4, 0.5) is 0 Å². The summed E-state index contributed by atoms with van der Waals surface area (Å²) in [5, 5.41) is 0. The third-order valence-electron chi connectivity index (χ3n) is 6.20. The first-order valence-corrected chi connectivity index (χ1v) is 18.4. The van der Waals surface area contributed by atoms with Crippen molar-refractivity contribution < 1.29 is 61.7 Å². The Balaban J connectivity index is 1.65. The van der Waals surface area contributed by atoms with Crippen molar-refractivity contribution in [1.29, 1.82) is 0 Å². The number of esters is 1. The van der Waals surface area contributed by atoms with Crippen molar-refractivity contribution in [2.24, 2.45) is 0 Å². The number of carbonyl (C=O) groups excluding carboxylic acids is 2. The van der Waals surface area contributed by atoms with Gasteiger partial charge in [0, 0.05) is 12.2 Å². The monoisotopic (exact) mass is 800 g/mol. The zero-order valence-corrected chi connectivity index (χ0v) is 30.6. The number of benzene rings is 1. The number of carbonyl (C=O) groups is 2. The largest absolute Gasteiger partial charge is 0.457 e. The van der Waals surface area contributed by atoms with Gasteiger partial charge in [-0.3, -0.25) is 4.79 Å². The molecule has 0 spiro atoms. The van der Waals surface area contributed by atoms with Crippen LogP contribution in [0.5, 0.6) is 0 Å². The lowest BCUT2D eigenvalue weighted by Gasteiger charge is -2.09. The third-order valence-corrected chi connectivity index (χ3v) is 6.97. The summed E-state index contributed by atoms with van der Waals surface area (Å²) in [6.07, 6.45) is 4.95. The fraction of sp³-hybridized carbons (Fsp3) is 0.765. The van der Waals surface area contributed by atoms with E-state index in [4.69, 9.17) is 52.1 Å². The molecule has 1 aromatic carbocycles. The van der Waals surface area contributed by atoms with Gasteiger partial charge in [0.15, 0.2) is 0 Å². The molecule has 13 nitrogen and oxygen atoms in total. The van der Waals surface area contributed by atoms with E-state index in [1.165, 1.54) is 23.7 Å². The van der Waals surface area contributed by atoms with Crippen LogP contribution in [0.3, 0.4) is 0 Å². The summed E-state index contributed by atoms with van der Waals surface area (Å²) in [6.45, 7) is 9.87. The highest BCUT2D eigenvalue weighted by Gasteiger charge is 2.17. The maximum atomic E-state index is 11.9. The van der Waals surface area contributed by atoms with Crippen LogP contribution < -0.4 is 0 Å². The Kier molecular flexibility index (Phi) is 34.4. The van der Waals surface area contributed by atoms with Crippen LogP contribution in [0.25, 0.3) is 0 Å². The summed E-state index contributed by atoms with van der Waals surface area (Å²) in [5.74, 6) is -1.57. The number of ether oxygens (including phenoxy) is 11. The molecule has 1 aromatic rings. The van der Waals surface area contributed by atoms with Crippen LogP contribution in [-0.4, -0.2) is 155 Å². The maximum absolute atomic E-state index is 11.9. The molecule has 0 heterocycles. The molecular weight excluding hydrogens is 743 g/mol. The molecule has 0 saturated carbocycles. The molecule has 0 atom stereocenters. The fourth-order valence-corrected chi connectivity index (χ4v) is 4.24. The Hall–Kier alpha value is -1.31. The predicted octanol–water partition coefficient (Wildman–Crippen LogP) is 3.57. The molecule has 0 unspecified atom stereocenters. The van der Waals surface area contributed by atoms with E-state index in [1.807, 2.05) is 0 Å². The van der Waals surface area contributed by atoms with Crippen LogP contribution in [0, 0.1) is 0 Å². The fourth-order valence-electron chi connectivity index (χ4n) is 3.70. The van der Waals surface area contributed by atoms with E-state index in [0.717, 1.165) is 13.0 Å². The average molecular weight is 801 g/mol. The molecular formula is C34H57IO13. The second-order valence-corrected chi connectivity index (χ2v) is 11.1. The molecule has 14 heteroatoms. The van der Waals surface area contributed by atoms with Crippen molar-refractivity contribution in [3.8, 4) is 0 Å². The summed E-state index contributed by atoms with van der Waals surface area (Å²) in [4.78, 5) is 23.6. The molecule has 0 aliphatic rings. The molecule has 0 bridgehead atoms. The molecule has 0 saturated heterocycles. The number of hydrogen-bond donors (Lipinski definition) is 0. The van der Waals surface area contributed by atoms with Crippen molar-refractivity contribution >= 4 is 34.3 Å². The Labute approximate surface area is 299 Å². The smallest absolute Gasteiger partial charge is 0.379 e. The van der Waals surface area contributed by atoms with Crippen molar-refractivity contribution in [3.63, 3.8) is 0 Å². The van der Waals surface area contributed by atoms with E-state index in [1.54, 1.807) is 30.3 Å². The minimum Gasteiger partial charge on any atom is -0.457 e. The Morgan fingerprint density at radius 3 is 1.06 bits per heavy atom. The van der Waals surface area contributed by atoms with Gasteiger partial charge in [-0.25, -0.2) is 4.79 Å². The first-order chi connectivity index (χ1) is 23.8. The van der Waals surface area contributed by atoms with Crippen LogP contribution in [0.2, 0.25) is 0 Å². The number of alkyl halides is 1. The quantitative estimate of drug-likeness (QED) is 0.0241. The topological polar surface area (TPSA) is 136 Å². The number of halogens is 1. The van der Waals surface area contributed by atoms with Crippen LogP contribution in [-0.2, 0) is 56.9 Å². The number of Topliss-reactive ketones (excluding diaryl/α,β-unsaturated/α-hetero) is 1. The molecule has 0 aromatic heterocycles. The third kappa shape index (κ3) is 30.7. The van der Waals surface area contributed by atoms with Crippen molar-refractivity contribution in [2.45, 2.75) is 25.7 Å². The first-order valence-electron chi connectivity index (χ1n) is 16.9. The lowest BCUT2D eigenvalue weighted by atomic mass is 10.1. The van der Waals surface area contributed by atoms with E-state index in [-0.39, 0.29) is 13.2 Å². The predicted molar refractivity (Wildman–Crippen MR) is 187 cm³/mol. The molecule has 48 heavy (non-hydrogen) atoms. The SMILES string of the molecule is O=C(OCCOCCOCCOCCOCCOCCOCCOCCOCCOCCOCCCCCCI)C(=O)c1ccccc1. The standard InChI is InChI=1S/C34H57IO13/c35-10-6-1-2-7-11-38-12-13-39-14-15-40-16-17-41-18-19-42-20-21-43-22-23-44-24-25-45-26-27-46-28-29-47-30-31-48-34(37)33(36)32-8-4-3-5-9-32/h3-5,8-9H,1-2,6-7,10-31H2. The number of rotatable bonds is 38. The van der Waals surface area contributed by atoms with Gasteiger partial charge in [-0.05, 0) is 17.3 Å². The average Bonchev–Trinajstić information content (AvgIpc) is 3.11. The van der Waals surface area contributed by atoms with E-state index >= 15 is 0 Å². The molecule has 0 aliphatic heterocycles. The second-order valence-electron chi connectivity index (χ2n) is 10.1. The zero-order chi connectivity index (χ0) is 34.4. The number of ketones is 1. The Bertz CT molecular complexity index is 835. The minimum atomic E-state index is -0.895. The first kappa shape index (κ1) is 44.7. The van der Waals surface area contributed by atoms with Gasteiger partial charge in [0.25, 0.3) is 5.78 Å². The molecule has 0 aliphatic carbocycles. The zero-order valence-electron chi connectivity index (χ0n) is 28.5. The minimum absolute atomic E-state index is 0.000196. The second kappa shape index (κ2) is 37.0. The summed E-state index contributed by atoms with van der Waals surface area (Å²) >= 11 is 2.41. The lowest BCUT2D eigenvalue weighted by molar-refractivity contribution is -0.139. The van der Waals surface area contributed by atoms with Crippen molar-refractivity contribution in [2.75, 3.05) is 143 Å². The molecule has 1 rings (SSSR count). The van der Waals surface area contributed by atoms with Gasteiger partial charge < -0.3 is 52.1 Å². The van der Waals surface area contributed by atoms with E-state index in [2.05, 4.69) is 22.6 Å². The summed E-state index contributed by atoms with van der Waals surface area (Å²) in [5.41, 5.74) is 0.297. The van der Waals surface area contributed by atoms with Gasteiger partial charge in [0.2, 0.25) is 0 Å². The highest BCUT2D eigenvalue weighted by atomic mass is 127. The molecule has 0 amide bonds. The van der Waals surface area contributed by atoms with Gasteiger partial charge in [-0.15, -0.1) is 0 Å². The van der Waals surface area contributed by atoms with E-state index in [9.17, 15) is 9.59 Å². The number of unbranched alkanes of at least 4 members (excludes halogenated alkanes) is 3. The summed E-state index contributed by atoms with van der Waals surface area (Å²) in [6, 6.07) is 8.27. The molecule has 0 fully saturated rings. The van der Waals surface area contributed by atoms with Crippen LogP contribution in [0.15, 0.2) is 30.3 Å². The van der Waals surface area contributed by atoms with Crippen LogP contribution >= 0.6 is 22.6 Å². The highest BCUT2D eigenvalue weighted by molar-refractivity contribution is 14.1. The Morgan fingerprint density at radius 2 is 0.708 bits per heavy atom. The van der Waals surface area contributed by atoms with E-state index in [0.29, 0.717) is 124 Å². The molecule has 278 valence electrons. The summed E-state index contributed by atoms with van der Waals surface area (Å²) in [7, 11) is 0. The van der Waals surface area contributed by atoms with E-state index < -0.39 is 11.8 Å². The van der Waals surface area contributed by atoms with Gasteiger partial charge in [0.1, 0.15) is 6.61 Å². The van der Waals surface area contributed by atoms with Crippen LogP contribution in [0.1, 0.15) is 36.0 Å². The highest BCUT2D eigenvalue weighted by Crippen LogP contribution is 2.03. The van der Waals surface area contributed by atoms with Crippen molar-refractivity contribution in [1.82, 2.24) is 0 Å². The summed E-state index contributed by atoms with van der Waals surface area (Å²) < 4.78 is 60.8. The van der Waals surface area contributed by atoms with Gasteiger partial charge in [-0.2, -0.15) is 0 Å². The van der Waals surface area contributed by atoms with Gasteiger partial charge >= 0.3 is 5.97 Å². The molecule has 0 radical (unpaired) electrons.